The normalized spacial score (nSPS) is 15.5. The Bertz CT molecular complexity index is 1140. The predicted molar refractivity (Wildman–Crippen MR) is 248 cm³/mol. The molecule has 1 heterocycles. The van der Waals surface area contributed by atoms with E-state index >= 15 is 0 Å². The second kappa shape index (κ2) is 42.4. The third kappa shape index (κ3) is 36.3. The SMILES string of the molecule is CC/C=C\CCCCOC(CCC(=O)OCC(COC(=O)CCCCCCC/C=C\C/C=C\CCCCC)COC(=O)OCC1CCCN(CC)C1)OCCCC/C=C\CC. The number of ether oxygens (including phenoxy) is 6. The smallest absolute Gasteiger partial charge is 0.465 e. The number of rotatable bonds is 40. The van der Waals surface area contributed by atoms with Crippen LogP contribution >= 0.6 is 0 Å². The molecule has 0 N–H and O–H groups in total. The molecule has 0 saturated carbocycles. The number of carbonyl (C=O) groups excluding carboxylic acids is 3. The number of carbonyl (C=O) groups is 3. The third-order valence-corrected chi connectivity index (χ3v) is 10.7. The fourth-order valence-electron chi connectivity index (χ4n) is 6.96. The maximum Gasteiger partial charge on any atom is 0.508 e. The molecule has 352 valence electrons. The van der Waals surface area contributed by atoms with Gasteiger partial charge in [0.15, 0.2) is 6.29 Å². The number of likely N-dealkylation sites (tertiary alicyclic amines) is 1. The van der Waals surface area contributed by atoms with E-state index in [1.807, 2.05) is 0 Å². The molecule has 10 heteroatoms. The van der Waals surface area contributed by atoms with Crippen molar-refractivity contribution in [2.45, 2.75) is 188 Å². The van der Waals surface area contributed by atoms with Gasteiger partial charge in [0.25, 0.3) is 0 Å². The van der Waals surface area contributed by atoms with E-state index in [0.29, 0.717) is 32.7 Å². The largest absolute Gasteiger partial charge is 0.508 e. The van der Waals surface area contributed by atoms with Crippen LogP contribution in [0, 0.1) is 11.8 Å². The number of allylic oxidation sites excluding steroid dienone is 8. The second-order valence-electron chi connectivity index (χ2n) is 16.4. The molecule has 2 unspecified atom stereocenters. The highest BCUT2D eigenvalue weighted by Crippen LogP contribution is 2.17. The van der Waals surface area contributed by atoms with Gasteiger partial charge in [0.1, 0.15) is 19.8 Å². The molecule has 2 atom stereocenters. The molecule has 0 aromatic rings. The first-order valence-corrected chi connectivity index (χ1v) is 24.6. The standard InChI is InChI=1S/C51H89NO9/c1-5-9-12-15-18-19-20-21-22-23-24-25-26-27-30-35-48(53)58-43-47(45-61-51(55)60-42-46-34-33-38-52(8-4)41-46)44-59-49(54)36-37-50(56-39-31-28-16-13-10-6-2)57-40-32-29-17-14-11-7-3/h10-11,13-14,18-19,21-22,46-47,50H,5-9,12,15-17,20,23-45H2,1-4H3/b13-10-,14-11-,19-18-,22-21-. The summed E-state index contributed by atoms with van der Waals surface area (Å²) in [4.78, 5) is 40.6. The summed E-state index contributed by atoms with van der Waals surface area (Å²) in [6, 6.07) is 0. The maximum atomic E-state index is 13.0. The van der Waals surface area contributed by atoms with Crippen LogP contribution in [-0.4, -0.2) is 88.6 Å². The molecule has 1 aliphatic heterocycles. The van der Waals surface area contributed by atoms with Crippen LogP contribution in [0.25, 0.3) is 0 Å². The number of piperidine rings is 1. The predicted octanol–water partition coefficient (Wildman–Crippen LogP) is 12.8. The average Bonchev–Trinajstić information content (AvgIpc) is 3.27. The number of hydrogen-bond donors (Lipinski definition) is 0. The minimum atomic E-state index is -0.763. The number of hydrogen-bond acceptors (Lipinski definition) is 10. The highest BCUT2D eigenvalue weighted by atomic mass is 16.7. The van der Waals surface area contributed by atoms with Crippen LogP contribution in [0.3, 0.4) is 0 Å². The molecule has 0 aromatic heterocycles. The van der Waals surface area contributed by atoms with Crippen LogP contribution in [-0.2, 0) is 38.0 Å². The Morgan fingerprint density at radius 2 is 1.13 bits per heavy atom. The second-order valence-corrected chi connectivity index (χ2v) is 16.4. The van der Waals surface area contributed by atoms with Crippen LogP contribution in [0.15, 0.2) is 48.6 Å². The Labute approximate surface area is 372 Å². The fraction of sp³-hybridized carbons (Fsp3) is 0.784. The Hall–Kier alpha value is -2.95. The van der Waals surface area contributed by atoms with Gasteiger partial charge in [0, 0.05) is 38.5 Å². The zero-order valence-corrected chi connectivity index (χ0v) is 39.3. The van der Waals surface area contributed by atoms with Crippen LogP contribution in [0.5, 0.6) is 0 Å². The van der Waals surface area contributed by atoms with E-state index in [1.165, 1.54) is 25.7 Å². The van der Waals surface area contributed by atoms with Crippen molar-refractivity contribution in [2.75, 3.05) is 59.3 Å². The van der Waals surface area contributed by atoms with E-state index in [2.05, 4.69) is 81.2 Å². The topological polar surface area (TPSA) is 110 Å². The molecule has 1 saturated heterocycles. The molecular formula is C51H89NO9. The van der Waals surface area contributed by atoms with Gasteiger partial charge in [-0.15, -0.1) is 0 Å². The van der Waals surface area contributed by atoms with Crippen LogP contribution in [0.2, 0.25) is 0 Å². The molecule has 1 aliphatic rings. The van der Waals surface area contributed by atoms with Crippen molar-refractivity contribution in [3.05, 3.63) is 48.6 Å². The molecule has 0 aromatic carbocycles. The number of esters is 2. The number of unbranched alkanes of at least 4 members (excludes halogenated alkanes) is 12. The van der Waals surface area contributed by atoms with Crippen molar-refractivity contribution < 1.29 is 42.8 Å². The highest BCUT2D eigenvalue weighted by Gasteiger charge is 2.23. The van der Waals surface area contributed by atoms with Gasteiger partial charge < -0.3 is 33.3 Å². The van der Waals surface area contributed by atoms with E-state index in [0.717, 1.165) is 129 Å². The zero-order chi connectivity index (χ0) is 44.3. The molecule has 1 rings (SSSR count). The monoisotopic (exact) mass is 860 g/mol. The molecule has 0 bridgehead atoms. The molecule has 61 heavy (non-hydrogen) atoms. The fourth-order valence-corrected chi connectivity index (χ4v) is 6.96. The number of nitrogens with zero attached hydrogens (tertiary/aromatic N) is 1. The first-order chi connectivity index (χ1) is 29.9. The molecule has 0 spiro atoms. The Morgan fingerprint density at radius 3 is 1.74 bits per heavy atom. The van der Waals surface area contributed by atoms with Crippen LogP contribution in [0.1, 0.15) is 182 Å². The molecule has 1 fully saturated rings. The van der Waals surface area contributed by atoms with Gasteiger partial charge in [0.2, 0.25) is 0 Å². The van der Waals surface area contributed by atoms with Gasteiger partial charge in [0.05, 0.1) is 18.9 Å². The summed E-state index contributed by atoms with van der Waals surface area (Å²) in [7, 11) is 0. The van der Waals surface area contributed by atoms with Crippen molar-refractivity contribution in [3.63, 3.8) is 0 Å². The van der Waals surface area contributed by atoms with E-state index in [4.69, 9.17) is 28.4 Å². The van der Waals surface area contributed by atoms with E-state index in [9.17, 15) is 14.4 Å². The van der Waals surface area contributed by atoms with Crippen molar-refractivity contribution >= 4 is 18.1 Å². The van der Waals surface area contributed by atoms with Crippen molar-refractivity contribution in [2.24, 2.45) is 11.8 Å². The zero-order valence-electron chi connectivity index (χ0n) is 39.3. The lowest BCUT2D eigenvalue weighted by atomic mass is 9.99. The van der Waals surface area contributed by atoms with Gasteiger partial charge in [-0.1, -0.05) is 108 Å². The van der Waals surface area contributed by atoms with E-state index in [-0.39, 0.29) is 38.1 Å². The molecule has 10 nitrogen and oxygen atoms in total. The minimum absolute atomic E-state index is 0.0243. The first kappa shape index (κ1) is 56.1. The summed E-state index contributed by atoms with van der Waals surface area (Å²) in [6.45, 7) is 12.8. The summed E-state index contributed by atoms with van der Waals surface area (Å²) in [5.74, 6) is -0.964. The van der Waals surface area contributed by atoms with Crippen molar-refractivity contribution in [1.82, 2.24) is 4.90 Å². The Balaban J connectivity index is 2.56. The summed E-state index contributed by atoms with van der Waals surface area (Å²) in [5, 5.41) is 0. The van der Waals surface area contributed by atoms with Gasteiger partial charge in [-0.25, -0.2) is 4.79 Å². The Morgan fingerprint density at radius 1 is 0.590 bits per heavy atom. The van der Waals surface area contributed by atoms with Gasteiger partial charge >= 0.3 is 18.1 Å². The lowest BCUT2D eigenvalue weighted by molar-refractivity contribution is -0.161. The highest BCUT2D eigenvalue weighted by molar-refractivity contribution is 5.69. The quantitative estimate of drug-likeness (QED) is 0.0194. The van der Waals surface area contributed by atoms with Crippen LogP contribution < -0.4 is 0 Å². The van der Waals surface area contributed by atoms with Crippen molar-refractivity contribution in [3.8, 4) is 0 Å². The molecule has 0 amide bonds. The lowest BCUT2D eigenvalue weighted by Gasteiger charge is -2.31. The maximum absolute atomic E-state index is 13.0. The first-order valence-electron chi connectivity index (χ1n) is 24.6. The summed E-state index contributed by atoms with van der Waals surface area (Å²) in [6.07, 6.45) is 39.7. The van der Waals surface area contributed by atoms with E-state index < -0.39 is 24.3 Å². The summed E-state index contributed by atoms with van der Waals surface area (Å²) < 4.78 is 34.3. The Kier molecular flexibility index (Phi) is 38.9. The van der Waals surface area contributed by atoms with Gasteiger partial charge in [-0.05, 0) is 116 Å². The van der Waals surface area contributed by atoms with Gasteiger partial charge in [-0.2, -0.15) is 0 Å². The molecule has 0 radical (unpaired) electrons. The summed E-state index contributed by atoms with van der Waals surface area (Å²) >= 11 is 0. The summed E-state index contributed by atoms with van der Waals surface area (Å²) in [5.41, 5.74) is 0. The minimum Gasteiger partial charge on any atom is -0.465 e. The van der Waals surface area contributed by atoms with Crippen molar-refractivity contribution in [1.29, 1.82) is 0 Å². The van der Waals surface area contributed by atoms with Crippen LogP contribution in [0.4, 0.5) is 4.79 Å². The third-order valence-electron chi connectivity index (χ3n) is 10.7. The van der Waals surface area contributed by atoms with E-state index in [1.54, 1.807) is 0 Å². The molecule has 0 aliphatic carbocycles. The lowest BCUT2D eigenvalue weighted by Crippen LogP contribution is -2.37. The van der Waals surface area contributed by atoms with Gasteiger partial charge in [-0.3, -0.25) is 9.59 Å². The average molecular weight is 860 g/mol. The molecular weight excluding hydrogens is 771 g/mol.